The highest BCUT2D eigenvalue weighted by Gasteiger charge is 2.51. The number of nitrogens with one attached hydrogen (secondary N) is 1. The second-order valence-corrected chi connectivity index (χ2v) is 18.0. The first-order chi connectivity index (χ1) is 22.3. The van der Waals surface area contributed by atoms with Crippen LogP contribution in [-0.4, -0.2) is 62.1 Å². The minimum Gasteiger partial charge on any atom is -0.497 e. The van der Waals surface area contributed by atoms with E-state index in [0.717, 1.165) is 16.7 Å². The van der Waals surface area contributed by atoms with Crippen molar-refractivity contribution in [2.24, 2.45) is 0 Å². The van der Waals surface area contributed by atoms with E-state index in [0.29, 0.717) is 11.5 Å². The fourth-order valence-electron chi connectivity index (χ4n) is 5.63. The molecule has 4 atom stereocenters. The largest absolute Gasteiger partial charge is 0.497 e. The van der Waals surface area contributed by atoms with Crippen LogP contribution in [0.2, 0.25) is 18.1 Å². The Morgan fingerprint density at radius 3 is 1.85 bits per heavy atom. The van der Waals surface area contributed by atoms with Crippen LogP contribution < -0.4 is 20.7 Å². The van der Waals surface area contributed by atoms with Crippen molar-refractivity contribution < 1.29 is 28.5 Å². The molecule has 3 aromatic carbocycles. The number of methoxy groups -OCH3 is 2. The molecule has 10 nitrogen and oxygen atoms in total. The van der Waals surface area contributed by atoms with E-state index in [-0.39, 0.29) is 11.6 Å². The third kappa shape index (κ3) is 6.86. The van der Waals surface area contributed by atoms with Gasteiger partial charge in [0, 0.05) is 12.3 Å². The van der Waals surface area contributed by atoms with Crippen LogP contribution in [-0.2, 0) is 19.5 Å². The van der Waals surface area contributed by atoms with Gasteiger partial charge in [-0.25, -0.2) is 4.79 Å². The van der Waals surface area contributed by atoms with Crippen molar-refractivity contribution in [1.82, 2.24) is 9.55 Å². The van der Waals surface area contributed by atoms with E-state index in [4.69, 9.17) is 23.4 Å². The summed E-state index contributed by atoms with van der Waals surface area (Å²) in [5.41, 5.74) is 0.166. The number of H-pyrrole nitrogens is 1. The van der Waals surface area contributed by atoms with Crippen LogP contribution in [0.5, 0.6) is 11.5 Å². The quantitative estimate of drug-likeness (QED) is 0.166. The molecule has 0 spiro atoms. The van der Waals surface area contributed by atoms with Gasteiger partial charge in [-0.3, -0.25) is 14.3 Å². The molecule has 0 amide bonds. The van der Waals surface area contributed by atoms with Crippen molar-refractivity contribution >= 4 is 8.32 Å². The van der Waals surface area contributed by atoms with Crippen LogP contribution in [0.15, 0.2) is 101 Å². The molecule has 0 saturated carbocycles. The van der Waals surface area contributed by atoms with Crippen molar-refractivity contribution in [1.29, 1.82) is 0 Å². The number of ether oxygens (including phenoxy) is 4. The molecule has 1 saturated heterocycles. The lowest BCUT2D eigenvalue weighted by atomic mass is 9.80. The molecular weight excluding hydrogens is 616 g/mol. The molecule has 0 bridgehead atoms. The lowest BCUT2D eigenvalue weighted by molar-refractivity contribution is -0.0956. The number of aliphatic hydroxyl groups is 1. The van der Waals surface area contributed by atoms with Gasteiger partial charge in [-0.05, 0) is 59.1 Å². The molecule has 5 rings (SSSR count). The summed E-state index contributed by atoms with van der Waals surface area (Å²) in [6.07, 6.45) is -2.60. The SMILES string of the molecule is COc1ccc(C(OC[C@H]2O[C@@H](n3ccc(=O)[nH]c3=O)[C@@H](O[Si](C)(C)C(C)(C)C)[C@@H]2O)(c2ccccc2)c2ccc(OC)cc2)cc1. The fraction of sp³-hybridized carbons (Fsp3) is 0.389. The molecule has 1 aliphatic rings. The second kappa shape index (κ2) is 13.6. The summed E-state index contributed by atoms with van der Waals surface area (Å²) in [4.78, 5) is 27.2. The van der Waals surface area contributed by atoms with Gasteiger partial charge in [-0.15, -0.1) is 0 Å². The summed E-state index contributed by atoms with van der Waals surface area (Å²) in [5.74, 6) is 1.39. The monoisotopic (exact) mass is 660 g/mol. The summed E-state index contributed by atoms with van der Waals surface area (Å²) in [5, 5.41) is 11.7. The Labute approximate surface area is 276 Å². The molecule has 2 N–H and O–H groups in total. The van der Waals surface area contributed by atoms with Gasteiger partial charge in [0.25, 0.3) is 5.56 Å². The van der Waals surface area contributed by atoms with Crippen molar-refractivity contribution in [3.63, 3.8) is 0 Å². The van der Waals surface area contributed by atoms with Crippen molar-refractivity contribution in [2.75, 3.05) is 20.8 Å². The first kappa shape index (κ1) is 34.3. The summed E-state index contributed by atoms with van der Waals surface area (Å²) in [6, 6.07) is 26.4. The number of aromatic amines is 1. The van der Waals surface area contributed by atoms with Crippen LogP contribution in [0.25, 0.3) is 0 Å². The van der Waals surface area contributed by atoms with Gasteiger partial charge >= 0.3 is 5.69 Å². The number of aliphatic hydroxyl groups excluding tert-OH is 1. The molecule has 0 radical (unpaired) electrons. The van der Waals surface area contributed by atoms with E-state index in [1.165, 1.54) is 16.8 Å². The zero-order valence-electron chi connectivity index (χ0n) is 27.9. The van der Waals surface area contributed by atoms with Crippen LogP contribution in [0, 0.1) is 0 Å². The highest BCUT2D eigenvalue weighted by atomic mass is 28.4. The highest BCUT2D eigenvalue weighted by molar-refractivity contribution is 6.74. The normalized spacial score (nSPS) is 20.3. The van der Waals surface area contributed by atoms with Crippen LogP contribution in [0.4, 0.5) is 0 Å². The molecule has 0 unspecified atom stereocenters. The molecule has 47 heavy (non-hydrogen) atoms. The molecule has 11 heteroatoms. The van der Waals surface area contributed by atoms with Gasteiger partial charge in [0.05, 0.1) is 20.8 Å². The third-order valence-electron chi connectivity index (χ3n) is 9.31. The molecule has 1 aliphatic heterocycles. The number of benzene rings is 3. The van der Waals surface area contributed by atoms with Gasteiger partial charge in [0.1, 0.15) is 35.4 Å². The Morgan fingerprint density at radius 1 is 0.830 bits per heavy atom. The minimum absolute atomic E-state index is 0.0694. The average molecular weight is 661 g/mol. The standard InChI is InChI=1S/C36H44N2O8Si/c1-35(2,3)47(6,7)46-32-31(40)29(45-33(32)38-22-21-30(39)37-34(38)41)23-44-36(24-11-9-8-10-12-24,25-13-17-27(42-4)18-14-25)26-15-19-28(43-5)20-16-26/h8-22,29,31-33,40H,23H2,1-7H3,(H,37,39,41)/t29-,31-,32+,33-/m1/s1. The van der Waals surface area contributed by atoms with Gasteiger partial charge in [-0.2, -0.15) is 0 Å². The van der Waals surface area contributed by atoms with E-state index in [1.807, 2.05) is 78.9 Å². The fourth-order valence-corrected chi connectivity index (χ4v) is 6.92. The number of aromatic nitrogens is 2. The summed E-state index contributed by atoms with van der Waals surface area (Å²) >= 11 is 0. The Balaban J connectivity index is 1.59. The Hall–Kier alpha value is -4.00. The minimum atomic E-state index is -2.47. The predicted molar refractivity (Wildman–Crippen MR) is 182 cm³/mol. The van der Waals surface area contributed by atoms with Crippen molar-refractivity contribution in [2.45, 2.75) is 69.0 Å². The molecule has 1 aromatic heterocycles. The van der Waals surface area contributed by atoms with E-state index >= 15 is 0 Å². The number of nitrogens with zero attached hydrogens (tertiary/aromatic N) is 1. The maximum absolute atomic E-state index is 13.0. The molecule has 2 heterocycles. The van der Waals surface area contributed by atoms with Gasteiger partial charge in [-0.1, -0.05) is 75.4 Å². The van der Waals surface area contributed by atoms with E-state index in [2.05, 4.69) is 38.8 Å². The molecule has 250 valence electrons. The summed E-state index contributed by atoms with van der Waals surface area (Å²) in [7, 11) is 0.760. The van der Waals surface area contributed by atoms with Gasteiger partial charge in [0.2, 0.25) is 0 Å². The lowest BCUT2D eigenvalue weighted by Crippen LogP contribution is -2.50. The highest BCUT2D eigenvalue weighted by Crippen LogP contribution is 2.44. The van der Waals surface area contributed by atoms with E-state index in [1.54, 1.807) is 14.2 Å². The van der Waals surface area contributed by atoms with Gasteiger partial charge in [0.15, 0.2) is 14.5 Å². The topological polar surface area (TPSA) is 121 Å². The molecule has 4 aromatic rings. The zero-order valence-corrected chi connectivity index (χ0v) is 28.9. The predicted octanol–water partition coefficient (Wildman–Crippen LogP) is 5.21. The Bertz CT molecular complexity index is 1700. The van der Waals surface area contributed by atoms with Crippen molar-refractivity contribution in [3.8, 4) is 11.5 Å². The molecular formula is C36H44N2O8Si. The molecule has 1 fully saturated rings. The van der Waals surface area contributed by atoms with E-state index in [9.17, 15) is 14.7 Å². The average Bonchev–Trinajstić information content (AvgIpc) is 3.35. The maximum Gasteiger partial charge on any atom is 0.330 e. The smallest absolute Gasteiger partial charge is 0.330 e. The summed E-state index contributed by atoms with van der Waals surface area (Å²) in [6.45, 7) is 10.4. The Morgan fingerprint density at radius 2 is 1.36 bits per heavy atom. The number of rotatable bonds is 11. The first-order valence-corrected chi connectivity index (χ1v) is 18.5. The van der Waals surface area contributed by atoms with Crippen LogP contribution in [0.3, 0.4) is 0 Å². The van der Waals surface area contributed by atoms with Crippen LogP contribution in [0.1, 0.15) is 43.7 Å². The Kier molecular flexibility index (Phi) is 9.95. The number of hydrogen-bond acceptors (Lipinski definition) is 8. The zero-order chi connectivity index (χ0) is 34.0. The van der Waals surface area contributed by atoms with Crippen LogP contribution >= 0.6 is 0 Å². The van der Waals surface area contributed by atoms with Gasteiger partial charge < -0.3 is 28.5 Å². The second-order valence-electron chi connectivity index (χ2n) is 13.2. The lowest BCUT2D eigenvalue weighted by Gasteiger charge is -2.40. The summed E-state index contributed by atoms with van der Waals surface area (Å²) < 4.78 is 32.4. The first-order valence-electron chi connectivity index (χ1n) is 15.6. The molecule has 0 aliphatic carbocycles. The maximum atomic E-state index is 13.0. The number of hydrogen-bond donors (Lipinski definition) is 2. The van der Waals surface area contributed by atoms with Crippen molar-refractivity contribution in [3.05, 3.63) is 129 Å². The van der Waals surface area contributed by atoms with E-state index < -0.39 is 49.7 Å². The third-order valence-corrected chi connectivity index (χ3v) is 13.8.